The molecular weight excluding hydrogens is 419 g/mol. The van der Waals surface area contributed by atoms with E-state index in [-0.39, 0.29) is 9.49 Å². The van der Waals surface area contributed by atoms with Crippen molar-refractivity contribution in [1.82, 2.24) is 5.32 Å². The molecule has 3 rings (SSSR count). The van der Waals surface area contributed by atoms with E-state index in [1.54, 1.807) is 0 Å². The summed E-state index contributed by atoms with van der Waals surface area (Å²) in [4.78, 5) is 0. The lowest BCUT2D eigenvalue weighted by Gasteiger charge is -2.28. The maximum atomic E-state index is 14.2. The molecule has 2 aromatic carbocycles. The van der Waals surface area contributed by atoms with E-state index in [9.17, 15) is 8.78 Å². The van der Waals surface area contributed by atoms with Gasteiger partial charge in [-0.3, -0.25) is 0 Å². The maximum absolute atomic E-state index is 14.2. The van der Waals surface area contributed by atoms with Crippen molar-refractivity contribution in [3.05, 3.63) is 83.6 Å². The van der Waals surface area contributed by atoms with Gasteiger partial charge in [0.25, 0.3) is 0 Å². The zero-order valence-electron chi connectivity index (χ0n) is 13.7. The molecule has 0 spiro atoms. The lowest BCUT2D eigenvalue weighted by molar-refractivity contribution is 0.574. The molecule has 4 heteroatoms. The molecule has 1 unspecified atom stereocenters. The van der Waals surface area contributed by atoms with Gasteiger partial charge in [-0.1, -0.05) is 79.4 Å². The van der Waals surface area contributed by atoms with Crippen LogP contribution in [0.4, 0.5) is 8.78 Å². The van der Waals surface area contributed by atoms with Crippen LogP contribution in [-0.2, 0) is 0 Å². The summed E-state index contributed by atoms with van der Waals surface area (Å²) in [5.74, 6) is -1.15. The summed E-state index contributed by atoms with van der Waals surface area (Å²) < 4.78 is 28.6. The Hall–Kier alpha value is -1.69. The van der Waals surface area contributed by atoms with Gasteiger partial charge in [-0.2, -0.15) is 0 Å². The van der Waals surface area contributed by atoms with Gasteiger partial charge in [0.2, 0.25) is 0 Å². The number of rotatable bonds is 2. The van der Waals surface area contributed by atoms with Crippen molar-refractivity contribution in [2.75, 3.05) is 0 Å². The minimum atomic E-state index is -0.573. The highest BCUT2D eigenvalue weighted by Crippen LogP contribution is 2.38. The first kappa shape index (κ1) is 18.6. The first-order chi connectivity index (χ1) is 11.6. The molecule has 1 nitrogen and oxygen atoms in total. The minimum Gasteiger partial charge on any atom is -0.358 e. The van der Waals surface area contributed by atoms with E-state index in [0.29, 0.717) is 12.1 Å². The average Bonchev–Trinajstić information content (AvgIpc) is 2.60. The van der Waals surface area contributed by atoms with Gasteiger partial charge < -0.3 is 5.32 Å². The molecule has 1 aliphatic rings. The fourth-order valence-corrected chi connectivity index (χ4v) is 3.17. The van der Waals surface area contributed by atoms with Crippen molar-refractivity contribution < 1.29 is 8.78 Å². The van der Waals surface area contributed by atoms with Gasteiger partial charge in [0.1, 0.15) is 11.6 Å². The number of hydrogen-bond donors (Lipinski definition) is 1. The fraction of sp³-hybridized carbons (Fsp3) is 0.200. The highest BCUT2D eigenvalue weighted by molar-refractivity contribution is 14.1. The van der Waals surface area contributed by atoms with Crippen LogP contribution in [-0.4, -0.2) is 3.92 Å². The number of hydrogen-bond acceptors (Lipinski definition) is 1. The first-order valence-electron chi connectivity index (χ1n) is 7.90. The number of nitrogens with one attached hydrogen (secondary N) is 1. The molecule has 0 radical (unpaired) electrons. The van der Waals surface area contributed by atoms with E-state index in [4.69, 9.17) is 0 Å². The van der Waals surface area contributed by atoms with Gasteiger partial charge in [0.05, 0.1) is 15.2 Å². The van der Waals surface area contributed by atoms with Crippen molar-refractivity contribution in [1.29, 1.82) is 0 Å². The Morgan fingerprint density at radius 3 is 2.17 bits per heavy atom. The molecule has 0 fully saturated rings. The molecule has 0 amide bonds. The van der Waals surface area contributed by atoms with Crippen LogP contribution >= 0.6 is 22.6 Å². The van der Waals surface area contributed by atoms with Crippen LogP contribution in [0.15, 0.2) is 60.8 Å². The first-order valence-corrected chi connectivity index (χ1v) is 9.15. The molecule has 126 valence electrons. The van der Waals surface area contributed by atoms with Gasteiger partial charge in [-0.25, -0.2) is 8.78 Å². The number of allylic oxidation sites excluding steroid dienone is 2. The predicted octanol–water partition coefficient (Wildman–Crippen LogP) is 6.17. The molecule has 0 bridgehead atoms. The van der Waals surface area contributed by atoms with Gasteiger partial charge in [-0.05, 0) is 29.7 Å². The summed E-state index contributed by atoms with van der Waals surface area (Å²) in [6, 6.07) is 13.6. The third-order valence-electron chi connectivity index (χ3n) is 3.68. The van der Waals surface area contributed by atoms with Crippen molar-refractivity contribution in [2.24, 2.45) is 0 Å². The summed E-state index contributed by atoms with van der Waals surface area (Å²) in [6.07, 6.45) is 0.680. The summed E-state index contributed by atoms with van der Waals surface area (Å²) in [6.45, 7) is 7.96. The van der Waals surface area contributed by atoms with E-state index in [1.807, 2.05) is 44.2 Å². The maximum Gasteiger partial charge on any atom is 0.135 e. The lowest BCUT2D eigenvalue weighted by Crippen LogP contribution is -2.26. The van der Waals surface area contributed by atoms with Gasteiger partial charge in [-0.15, -0.1) is 0 Å². The lowest BCUT2D eigenvalue weighted by atomic mass is 9.91. The Balaban J connectivity index is 0.00000100. The molecule has 0 aromatic heterocycles. The SMILES string of the molecule is C=C1NC(c2c(F)cccc2F)=C(c2ccccc2)CC1I.CC. The summed E-state index contributed by atoms with van der Waals surface area (Å²) in [5, 5.41) is 3.11. The number of alkyl halides is 1. The molecule has 0 saturated carbocycles. The molecule has 24 heavy (non-hydrogen) atoms. The molecule has 2 aromatic rings. The zero-order valence-corrected chi connectivity index (χ0v) is 15.9. The van der Waals surface area contributed by atoms with Crippen molar-refractivity contribution in [3.8, 4) is 0 Å². The quantitative estimate of drug-likeness (QED) is 0.436. The van der Waals surface area contributed by atoms with Crippen LogP contribution in [0.25, 0.3) is 11.3 Å². The second-order valence-electron chi connectivity index (χ2n) is 5.14. The second kappa shape index (κ2) is 8.42. The third-order valence-corrected chi connectivity index (χ3v) is 4.88. The summed E-state index contributed by atoms with van der Waals surface area (Å²) in [7, 11) is 0. The highest BCUT2D eigenvalue weighted by Gasteiger charge is 2.26. The van der Waals surface area contributed by atoms with Crippen molar-refractivity contribution in [2.45, 2.75) is 24.2 Å². The zero-order chi connectivity index (χ0) is 17.7. The van der Waals surface area contributed by atoms with E-state index < -0.39 is 11.6 Å². The van der Waals surface area contributed by atoms with E-state index >= 15 is 0 Å². The van der Waals surface area contributed by atoms with Crippen LogP contribution in [0.3, 0.4) is 0 Å². The molecule has 1 N–H and O–H groups in total. The minimum absolute atomic E-state index is 0.0224. The Morgan fingerprint density at radius 2 is 1.58 bits per heavy atom. The normalized spacial score (nSPS) is 17.0. The van der Waals surface area contributed by atoms with E-state index in [2.05, 4.69) is 34.5 Å². The van der Waals surface area contributed by atoms with Crippen LogP contribution in [0.2, 0.25) is 0 Å². The van der Waals surface area contributed by atoms with Crippen molar-refractivity contribution >= 4 is 33.9 Å². The molecular formula is C20H20F2IN. The molecule has 0 aliphatic carbocycles. The topological polar surface area (TPSA) is 12.0 Å². The average molecular weight is 439 g/mol. The molecule has 1 aliphatic heterocycles. The Labute approximate surface area is 155 Å². The van der Waals surface area contributed by atoms with E-state index in [1.165, 1.54) is 18.2 Å². The standard InChI is InChI=1S/C18H14F2IN.C2H6/c1-11-16(21)10-13(12-6-3-2-4-7-12)18(22-11)17-14(19)8-5-9-15(17)20;1-2/h2-9,16,22H,1,10H2;1-2H3. The van der Waals surface area contributed by atoms with Crippen molar-refractivity contribution in [3.63, 3.8) is 0 Å². The monoisotopic (exact) mass is 439 g/mol. The third kappa shape index (κ3) is 3.86. The summed E-state index contributed by atoms with van der Waals surface area (Å²) >= 11 is 2.29. The molecule has 0 saturated heterocycles. The second-order valence-corrected chi connectivity index (χ2v) is 6.64. The van der Waals surface area contributed by atoms with Crippen LogP contribution < -0.4 is 5.32 Å². The van der Waals surface area contributed by atoms with Gasteiger partial charge >= 0.3 is 0 Å². The molecule has 1 atom stereocenters. The van der Waals surface area contributed by atoms with Crippen LogP contribution in [0, 0.1) is 11.6 Å². The Morgan fingerprint density at radius 1 is 1.00 bits per heavy atom. The highest BCUT2D eigenvalue weighted by atomic mass is 127. The Kier molecular flexibility index (Phi) is 6.54. The van der Waals surface area contributed by atoms with Gasteiger partial charge in [0, 0.05) is 5.70 Å². The fourth-order valence-electron chi connectivity index (χ4n) is 2.57. The largest absolute Gasteiger partial charge is 0.358 e. The van der Waals surface area contributed by atoms with Crippen LogP contribution in [0.1, 0.15) is 31.4 Å². The Bertz CT molecular complexity index is 733. The van der Waals surface area contributed by atoms with E-state index in [0.717, 1.165) is 16.8 Å². The number of halogens is 3. The van der Waals surface area contributed by atoms with Gasteiger partial charge in [0.15, 0.2) is 0 Å². The predicted molar refractivity (Wildman–Crippen MR) is 106 cm³/mol. The smallest absolute Gasteiger partial charge is 0.135 e. The van der Waals surface area contributed by atoms with Crippen LogP contribution in [0.5, 0.6) is 0 Å². The number of benzene rings is 2. The molecule has 1 heterocycles. The summed E-state index contributed by atoms with van der Waals surface area (Å²) in [5.41, 5.74) is 3.07.